The molecule has 1 saturated heterocycles. The molecule has 0 spiro atoms. The van der Waals surface area contributed by atoms with Crippen LogP contribution in [-0.2, 0) is 22.6 Å². The van der Waals surface area contributed by atoms with Gasteiger partial charge in [-0.05, 0) is 29.7 Å². The van der Waals surface area contributed by atoms with Crippen molar-refractivity contribution in [3.63, 3.8) is 0 Å². The second-order valence-electron chi connectivity index (χ2n) is 7.58. The number of Topliss-reactive ketones (excluding diaryl/α,β-unsaturated/α-hetero) is 1. The van der Waals surface area contributed by atoms with Gasteiger partial charge in [0.25, 0.3) is 11.7 Å². The molecule has 1 atom stereocenters. The molecule has 1 amide bonds. The van der Waals surface area contributed by atoms with E-state index in [4.69, 9.17) is 4.74 Å². The summed E-state index contributed by atoms with van der Waals surface area (Å²) >= 11 is 0. The number of carbonyl (C=O) groups is 2. The van der Waals surface area contributed by atoms with Crippen molar-refractivity contribution in [2.24, 2.45) is 0 Å². The summed E-state index contributed by atoms with van der Waals surface area (Å²) in [5.74, 6) is -1.06. The summed E-state index contributed by atoms with van der Waals surface area (Å²) in [5.41, 5.74) is 3.06. The van der Waals surface area contributed by atoms with Crippen LogP contribution in [0.3, 0.4) is 0 Å². The number of ether oxygens (including phenoxy) is 1. The number of hydrogen-bond acceptors (Lipinski definition) is 5. The Morgan fingerprint density at radius 1 is 1.03 bits per heavy atom. The van der Waals surface area contributed by atoms with Crippen molar-refractivity contribution in [2.45, 2.75) is 25.9 Å². The molecular weight excluding hydrogens is 404 g/mol. The number of para-hydroxylation sites is 1. The number of benzene rings is 2. The quantitative estimate of drug-likeness (QED) is 0.360. The summed E-state index contributed by atoms with van der Waals surface area (Å²) < 4.78 is 5.52. The maximum Gasteiger partial charge on any atom is 0.295 e. The summed E-state index contributed by atoms with van der Waals surface area (Å²) in [4.78, 5) is 31.8. The number of likely N-dealkylation sites (tertiary alicyclic amines) is 1. The number of pyridine rings is 1. The Morgan fingerprint density at radius 3 is 2.44 bits per heavy atom. The lowest BCUT2D eigenvalue weighted by Gasteiger charge is -2.26. The highest BCUT2D eigenvalue weighted by Crippen LogP contribution is 2.43. The molecule has 3 aromatic rings. The van der Waals surface area contributed by atoms with Gasteiger partial charge in [0.15, 0.2) is 0 Å². The number of aliphatic hydroxyl groups excluding tert-OH is 1. The van der Waals surface area contributed by atoms with Gasteiger partial charge in [-0.25, -0.2) is 0 Å². The fraction of sp³-hybridized carbons (Fsp3) is 0.192. The molecule has 0 radical (unpaired) electrons. The Balaban J connectivity index is 1.88. The van der Waals surface area contributed by atoms with Crippen LogP contribution in [0.1, 0.15) is 35.2 Å². The number of ketones is 1. The second kappa shape index (κ2) is 9.06. The first-order chi connectivity index (χ1) is 15.5. The predicted octanol–water partition coefficient (Wildman–Crippen LogP) is 4.27. The van der Waals surface area contributed by atoms with E-state index in [0.717, 1.165) is 17.5 Å². The van der Waals surface area contributed by atoms with Gasteiger partial charge in [0.1, 0.15) is 11.5 Å². The number of aromatic nitrogens is 1. The first-order valence-electron chi connectivity index (χ1n) is 10.4. The number of hydrogen-bond donors (Lipinski definition) is 1. The first kappa shape index (κ1) is 21.3. The van der Waals surface area contributed by atoms with Crippen LogP contribution in [0.2, 0.25) is 0 Å². The minimum Gasteiger partial charge on any atom is -0.507 e. The minimum atomic E-state index is -0.794. The molecular formula is C26H24N2O4. The van der Waals surface area contributed by atoms with E-state index >= 15 is 0 Å². The maximum absolute atomic E-state index is 13.2. The number of aryl methyl sites for hydroxylation is 1. The number of aliphatic hydroxyl groups is 1. The standard InChI is InChI=1S/C26H24N2O4/c1-3-17-10-12-19(13-11-17)24(29)22-23(20-8-4-5-9-21(20)32-2)28(26(31)25(22)30)16-18-7-6-14-27-15-18/h4-15,23,29H,3,16H2,1-2H3/b24-22-. The Morgan fingerprint density at radius 2 is 1.78 bits per heavy atom. The van der Waals surface area contributed by atoms with Crippen LogP contribution in [0, 0.1) is 0 Å². The molecule has 32 heavy (non-hydrogen) atoms. The zero-order valence-corrected chi connectivity index (χ0v) is 18.0. The van der Waals surface area contributed by atoms with Crippen molar-refractivity contribution in [3.8, 4) is 5.75 Å². The molecule has 1 aromatic heterocycles. The van der Waals surface area contributed by atoms with Crippen molar-refractivity contribution in [1.29, 1.82) is 0 Å². The van der Waals surface area contributed by atoms with Crippen molar-refractivity contribution >= 4 is 17.4 Å². The number of amides is 1. The number of carbonyl (C=O) groups excluding carboxylic acids is 2. The molecule has 0 saturated carbocycles. The van der Waals surface area contributed by atoms with E-state index in [1.165, 1.54) is 12.0 Å². The fourth-order valence-corrected chi connectivity index (χ4v) is 4.00. The molecule has 4 rings (SSSR count). The third-order valence-corrected chi connectivity index (χ3v) is 5.68. The molecule has 6 nitrogen and oxygen atoms in total. The molecule has 1 fully saturated rings. The van der Waals surface area contributed by atoms with Crippen LogP contribution in [0.5, 0.6) is 5.75 Å². The topological polar surface area (TPSA) is 79.7 Å². The van der Waals surface area contributed by atoms with Gasteiger partial charge in [0.05, 0.1) is 18.7 Å². The van der Waals surface area contributed by atoms with Crippen molar-refractivity contribution in [1.82, 2.24) is 9.88 Å². The molecule has 1 aliphatic rings. The molecule has 2 heterocycles. The van der Waals surface area contributed by atoms with Crippen molar-refractivity contribution < 1.29 is 19.4 Å². The van der Waals surface area contributed by atoms with Crippen molar-refractivity contribution in [3.05, 3.63) is 101 Å². The molecule has 0 bridgehead atoms. The lowest BCUT2D eigenvalue weighted by molar-refractivity contribution is -0.140. The summed E-state index contributed by atoms with van der Waals surface area (Å²) in [6, 6.07) is 17.4. The summed E-state index contributed by atoms with van der Waals surface area (Å²) in [7, 11) is 1.54. The number of methoxy groups -OCH3 is 1. The average Bonchev–Trinajstić information content (AvgIpc) is 3.09. The molecule has 1 unspecified atom stereocenters. The Labute approximate surface area is 186 Å². The largest absolute Gasteiger partial charge is 0.507 e. The summed E-state index contributed by atoms with van der Waals surface area (Å²) in [6.07, 6.45) is 4.16. The van der Waals surface area contributed by atoms with Crippen LogP contribution in [0.15, 0.2) is 78.6 Å². The fourth-order valence-electron chi connectivity index (χ4n) is 4.00. The van der Waals surface area contributed by atoms with E-state index < -0.39 is 17.7 Å². The van der Waals surface area contributed by atoms with E-state index in [9.17, 15) is 14.7 Å². The summed E-state index contributed by atoms with van der Waals surface area (Å²) in [6.45, 7) is 2.22. The van der Waals surface area contributed by atoms with Crippen LogP contribution in [0.4, 0.5) is 0 Å². The number of nitrogens with zero attached hydrogens (tertiary/aromatic N) is 2. The second-order valence-corrected chi connectivity index (χ2v) is 7.58. The monoisotopic (exact) mass is 428 g/mol. The van der Waals surface area contributed by atoms with E-state index in [0.29, 0.717) is 16.9 Å². The third kappa shape index (κ3) is 3.87. The SMILES string of the molecule is CCc1ccc(/C(O)=C2/C(=O)C(=O)N(Cc3cccnc3)C2c2ccccc2OC)cc1. The normalized spacial score (nSPS) is 17.6. The van der Waals surface area contributed by atoms with E-state index in [1.807, 2.05) is 37.3 Å². The van der Waals surface area contributed by atoms with Gasteiger partial charge in [-0.2, -0.15) is 0 Å². The van der Waals surface area contributed by atoms with Gasteiger partial charge in [-0.1, -0.05) is 55.5 Å². The average molecular weight is 428 g/mol. The van der Waals surface area contributed by atoms with E-state index in [-0.39, 0.29) is 17.9 Å². The molecule has 162 valence electrons. The maximum atomic E-state index is 13.2. The van der Waals surface area contributed by atoms with Crippen LogP contribution in [-0.4, -0.2) is 33.8 Å². The third-order valence-electron chi connectivity index (χ3n) is 5.68. The molecule has 6 heteroatoms. The molecule has 0 aliphatic carbocycles. The van der Waals surface area contributed by atoms with E-state index in [2.05, 4.69) is 4.98 Å². The van der Waals surface area contributed by atoms with Gasteiger partial charge in [0.2, 0.25) is 0 Å². The predicted molar refractivity (Wildman–Crippen MR) is 121 cm³/mol. The van der Waals surface area contributed by atoms with Crippen LogP contribution < -0.4 is 4.74 Å². The lowest BCUT2D eigenvalue weighted by Crippen LogP contribution is -2.29. The minimum absolute atomic E-state index is 0.0487. The van der Waals surface area contributed by atoms with Crippen LogP contribution in [0.25, 0.3) is 5.76 Å². The Bertz CT molecular complexity index is 1170. The highest BCUT2D eigenvalue weighted by Gasteiger charge is 2.47. The van der Waals surface area contributed by atoms with Gasteiger partial charge in [-0.3, -0.25) is 14.6 Å². The lowest BCUT2D eigenvalue weighted by atomic mass is 9.94. The highest BCUT2D eigenvalue weighted by molar-refractivity contribution is 6.46. The Kier molecular flexibility index (Phi) is 6.03. The Hall–Kier alpha value is -3.93. The zero-order valence-electron chi connectivity index (χ0n) is 18.0. The van der Waals surface area contributed by atoms with Gasteiger partial charge >= 0.3 is 0 Å². The highest BCUT2D eigenvalue weighted by atomic mass is 16.5. The zero-order chi connectivity index (χ0) is 22.7. The molecule has 1 aliphatic heterocycles. The number of rotatable bonds is 6. The van der Waals surface area contributed by atoms with Crippen LogP contribution >= 0.6 is 0 Å². The molecule has 2 aromatic carbocycles. The smallest absolute Gasteiger partial charge is 0.295 e. The van der Waals surface area contributed by atoms with E-state index in [1.54, 1.807) is 42.7 Å². The van der Waals surface area contributed by atoms with Gasteiger partial charge in [-0.15, -0.1) is 0 Å². The van der Waals surface area contributed by atoms with Crippen molar-refractivity contribution in [2.75, 3.05) is 7.11 Å². The molecule has 1 N–H and O–H groups in total. The van der Waals surface area contributed by atoms with Gasteiger partial charge in [0, 0.05) is 30.1 Å². The first-order valence-corrected chi connectivity index (χ1v) is 10.4. The van der Waals surface area contributed by atoms with Gasteiger partial charge < -0.3 is 14.7 Å². The summed E-state index contributed by atoms with van der Waals surface area (Å²) in [5, 5.41) is 11.2.